The van der Waals surface area contributed by atoms with Gasteiger partial charge in [-0.15, -0.1) is 6.58 Å². The van der Waals surface area contributed by atoms with Crippen molar-refractivity contribution in [1.82, 2.24) is 4.57 Å². The summed E-state index contributed by atoms with van der Waals surface area (Å²) in [6.45, 7) is 9.27. The van der Waals surface area contributed by atoms with Crippen LogP contribution in [0.25, 0.3) is 0 Å². The minimum absolute atomic E-state index is 0.266. The van der Waals surface area contributed by atoms with Gasteiger partial charge in [-0.2, -0.15) is 5.26 Å². The van der Waals surface area contributed by atoms with Crippen LogP contribution >= 0.6 is 0 Å². The molecule has 2 rings (SSSR count). The molecule has 0 saturated heterocycles. The normalized spacial score (nSPS) is 11.3. The van der Waals surface area contributed by atoms with Gasteiger partial charge in [0.2, 0.25) is 5.78 Å². The molecule has 1 aromatic carbocycles. The highest BCUT2D eigenvalue weighted by atomic mass is 16.6. The molecule has 0 spiro atoms. The van der Waals surface area contributed by atoms with E-state index in [2.05, 4.69) is 6.58 Å². The number of carbonyl (C=O) groups excluding carboxylic acids is 2. The molecule has 6 heteroatoms. The number of allylic oxidation sites excluding steroid dienone is 1. The maximum absolute atomic E-state index is 12.4. The second-order valence-corrected chi connectivity index (χ2v) is 6.11. The van der Waals surface area contributed by atoms with Gasteiger partial charge in [-0.3, -0.25) is 4.79 Å². The van der Waals surface area contributed by atoms with Crippen molar-refractivity contribution in [2.75, 3.05) is 6.61 Å². The zero-order chi connectivity index (χ0) is 20.0. The molecular weight excluding hydrogens is 344 g/mol. The van der Waals surface area contributed by atoms with Crippen molar-refractivity contribution < 1.29 is 19.1 Å². The minimum Gasteiger partial charge on any atom is -0.479 e. The van der Waals surface area contributed by atoms with Crippen molar-refractivity contribution in [3.05, 3.63) is 65.5 Å². The number of aromatic nitrogens is 1. The third-order valence-corrected chi connectivity index (χ3v) is 4.16. The number of ether oxygens (including phenoxy) is 2. The van der Waals surface area contributed by atoms with Crippen LogP contribution in [0.5, 0.6) is 5.75 Å². The first-order chi connectivity index (χ1) is 12.9. The van der Waals surface area contributed by atoms with E-state index in [4.69, 9.17) is 14.7 Å². The molecule has 0 unspecified atom stereocenters. The van der Waals surface area contributed by atoms with Gasteiger partial charge in [0.1, 0.15) is 5.75 Å². The minimum atomic E-state index is -0.876. The van der Waals surface area contributed by atoms with Crippen molar-refractivity contribution in [3.8, 4) is 11.8 Å². The Labute approximate surface area is 158 Å². The molecule has 0 saturated carbocycles. The van der Waals surface area contributed by atoms with E-state index < -0.39 is 12.1 Å². The van der Waals surface area contributed by atoms with Gasteiger partial charge < -0.3 is 14.0 Å². The maximum Gasteiger partial charge on any atom is 0.347 e. The molecule has 1 heterocycles. The van der Waals surface area contributed by atoms with Crippen LogP contribution in [0.4, 0.5) is 0 Å². The van der Waals surface area contributed by atoms with Crippen LogP contribution in [0.1, 0.15) is 34.2 Å². The maximum atomic E-state index is 12.4. The van der Waals surface area contributed by atoms with Crippen molar-refractivity contribution in [3.63, 3.8) is 0 Å². The number of hydrogen-bond acceptors (Lipinski definition) is 5. The van der Waals surface area contributed by atoms with E-state index in [9.17, 15) is 9.59 Å². The lowest BCUT2D eigenvalue weighted by Gasteiger charge is -2.13. The van der Waals surface area contributed by atoms with Crippen LogP contribution in [0.3, 0.4) is 0 Å². The molecule has 27 heavy (non-hydrogen) atoms. The molecule has 0 aliphatic rings. The highest BCUT2D eigenvalue weighted by Crippen LogP contribution is 2.17. The molecule has 0 fully saturated rings. The fourth-order valence-electron chi connectivity index (χ4n) is 2.69. The molecule has 1 atom stereocenters. The summed E-state index contributed by atoms with van der Waals surface area (Å²) >= 11 is 0. The van der Waals surface area contributed by atoms with Gasteiger partial charge in [-0.05, 0) is 51.1 Å². The van der Waals surface area contributed by atoms with E-state index in [-0.39, 0.29) is 12.4 Å². The van der Waals surface area contributed by atoms with E-state index in [0.29, 0.717) is 23.4 Å². The number of Topliss-reactive ketones (excluding diaryl/α,β-unsaturated/α-hetero) is 1. The third kappa shape index (κ3) is 4.85. The predicted molar refractivity (Wildman–Crippen MR) is 101 cm³/mol. The standard InChI is InChI=1S/C21H22N2O4/c1-5-10-23-14(2)11-19(15(23)3)20(24)13-26-21(25)16(4)27-18-8-6-17(12-22)7-9-18/h5-9,11,16H,1,10,13H2,2-4H3/t16-/m0/s1. The van der Waals surface area contributed by atoms with Crippen LogP contribution in [-0.2, 0) is 16.1 Å². The summed E-state index contributed by atoms with van der Waals surface area (Å²) in [7, 11) is 0. The lowest BCUT2D eigenvalue weighted by molar-refractivity contribution is -0.149. The number of carbonyl (C=O) groups is 2. The van der Waals surface area contributed by atoms with Crippen LogP contribution in [-0.4, -0.2) is 29.0 Å². The summed E-state index contributed by atoms with van der Waals surface area (Å²) in [6.07, 6.45) is 0.884. The zero-order valence-electron chi connectivity index (χ0n) is 15.7. The quantitative estimate of drug-likeness (QED) is 0.406. The Bertz CT molecular complexity index is 888. The summed E-state index contributed by atoms with van der Waals surface area (Å²) < 4.78 is 12.6. The molecule has 2 aromatic rings. The Morgan fingerprint density at radius 2 is 1.96 bits per heavy atom. The predicted octanol–water partition coefficient (Wildman–Crippen LogP) is 3.36. The molecule has 0 amide bonds. The average molecular weight is 366 g/mol. The van der Waals surface area contributed by atoms with Crippen LogP contribution < -0.4 is 4.74 Å². The zero-order valence-corrected chi connectivity index (χ0v) is 15.7. The number of hydrogen-bond donors (Lipinski definition) is 0. The Hall–Kier alpha value is -3.33. The highest BCUT2D eigenvalue weighted by Gasteiger charge is 2.20. The number of nitriles is 1. The SMILES string of the molecule is C=CCn1c(C)cc(C(=O)COC(=O)[C@H](C)Oc2ccc(C#N)cc2)c1C. The summed E-state index contributed by atoms with van der Waals surface area (Å²) in [5.74, 6) is -0.456. The highest BCUT2D eigenvalue weighted by molar-refractivity contribution is 5.99. The second kappa shape index (κ2) is 8.86. The fourth-order valence-corrected chi connectivity index (χ4v) is 2.69. The van der Waals surface area contributed by atoms with E-state index in [1.54, 1.807) is 43.3 Å². The van der Waals surface area contributed by atoms with Crippen molar-refractivity contribution >= 4 is 11.8 Å². The van der Waals surface area contributed by atoms with Crippen LogP contribution in [0.15, 0.2) is 43.0 Å². The molecule has 140 valence electrons. The van der Waals surface area contributed by atoms with Gasteiger partial charge >= 0.3 is 5.97 Å². The first kappa shape index (κ1) is 20.0. The van der Waals surface area contributed by atoms with Crippen molar-refractivity contribution in [2.45, 2.75) is 33.4 Å². The molecule has 0 aliphatic heterocycles. The van der Waals surface area contributed by atoms with Gasteiger partial charge in [-0.1, -0.05) is 6.08 Å². The fraction of sp³-hybridized carbons (Fsp3) is 0.286. The number of benzene rings is 1. The molecule has 1 aromatic heterocycles. The van der Waals surface area contributed by atoms with Gasteiger partial charge in [-0.25, -0.2) is 4.79 Å². The topological polar surface area (TPSA) is 81.3 Å². The van der Waals surface area contributed by atoms with Gasteiger partial charge in [0, 0.05) is 23.5 Å². The second-order valence-electron chi connectivity index (χ2n) is 6.11. The van der Waals surface area contributed by atoms with E-state index in [1.165, 1.54) is 0 Å². The monoisotopic (exact) mass is 366 g/mol. The molecule has 0 radical (unpaired) electrons. The molecular formula is C21H22N2O4. The van der Waals surface area contributed by atoms with Crippen molar-refractivity contribution in [2.24, 2.45) is 0 Å². The van der Waals surface area contributed by atoms with Crippen LogP contribution in [0, 0.1) is 25.2 Å². The summed E-state index contributed by atoms with van der Waals surface area (Å²) in [6, 6.07) is 10.2. The molecule has 0 bridgehead atoms. The summed E-state index contributed by atoms with van der Waals surface area (Å²) in [5, 5.41) is 8.78. The number of esters is 1. The number of ketones is 1. The largest absolute Gasteiger partial charge is 0.479 e. The van der Waals surface area contributed by atoms with Gasteiger partial charge in [0.05, 0.1) is 11.6 Å². The Morgan fingerprint density at radius 3 is 2.56 bits per heavy atom. The lowest BCUT2D eigenvalue weighted by atomic mass is 10.1. The summed E-state index contributed by atoms with van der Waals surface area (Å²) in [5.41, 5.74) is 2.79. The van der Waals surface area contributed by atoms with Crippen molar-refractivity contribution in [1.29, 1.82) is 5.26 Å². The van der Waals surface area contributed by atoms with E-state index >= 15 is 0 Å². The number of aryl methyl sites for hydroxylation is 1. The van der Waals surface area contributed by atoms with E-state index in [1.807, 2.05) is 24.5 Å². The summed E-state index contributed by atoms with van der Waals surface area (Å²) in [4.78, 5) is 24.5. The first-order valence-electron chi connectivity index (χ1n) is 8.51. The number of nitrogens with zero attached hydrogens (tertiary/aromatic N) is 2. The Morgan fingerprint density at radius 1 is 1.30 bits per heavy atom. The Balaban J connectivity index is 1.94. The lowest BCUT2D eigenvalue weighted by Crippen LogP contribution is -2.28. The number of rotatable bonds is 8. The third-order valence-electron chi connectivity index (χ3n) is 4.16. The van der Waals surface area contributed by atoms with Gasteiger partial charge in [0.25, 0.3) is 0 Å². The Kier molecular flexibility index (Phi) is 6.56. The molecule has 0 aliphatic carbocycles. The smallest absolute Gasteiger partial charge is 0.347 e. The molecule has 6 nitrogen and oxygen atoms in total. The first-order valence-corrected chi connectivity index (χ1v) is 8.51. The van der Waals surface area contributed by atoms with Gasteiger partial charge in [0.15, 0.2) is 12.7 Å². The van der Waals surface area contributed by atoms with E-state index in [0.717, 1.165) is 11.4 Å². The van der Waals surface area contributed by atoms with Crippen LogP contribution in [0.2, 0.25) is 0 Å². The molecule has 0 N–H and O–H groups in total. The average Bonchev–Trinajstić information content (AvgIpc) is 2.95.